The van der Waals surface area contributed by atoms with Gasteiger partial charge in [0.05, 0.1) is 6.10 Å². The molecule has 0 spiro atoms. The van der Waals surface area contributed by atoms with Gasteiger partial charge in [-0.15, -0.1) is 6.58 Å². The number of rotatable bonds is 6. The summed E-state index contributed by atoms with van der Waals surface area (Å²) < 4.78 is 0. The van der Waals surface area contributed by atoms with Crippen LogP contribution in [-0.2, 0) is 0 Å². The molecule has 2 rings (SSSR count). The van der Waals surface area contributed by atoms with Crippen LogP contribution < -0.4 is 0 Å². The van der Waals surface area contributed by atoms with Crippen molar-refractivity contribution < 1.29 is 5.11 Å². The van der Waals surface area contributed by atoms with Crippen LogP contribution in [0.2, 0.25) is 0 Å². The summed E-state index contributed by atoms with van der Waals surface area (Å²) in [7, 11) is 0. The maximum atomic E-state index is 10.6. The predicted octanol–water partition coefficient (Wildman–Crippen LogP) is 4.54. The molecule has 2 aromatic carbocycles. The summed E-state index contributed by atoms with van der Waals surface area (Å²) >= 11 is 0. The van der Waals surface area contributed by atoms with E-state index in [1.54, 1.807) is 0 Å². The molecule has 20 heavy (non-hydrogen) atoms. The zero-order valence-corrected chi connectivity index (χ0v) is 12.0. The average Bonchev–Trinajstić information content (AvgIpc) is 2.48. The minimum absolute atomic E-state index is 0.0248. The number of hydrogen-bond acceptors (Lipinski definition) is 1. The van der Waals surface area contributed by atoms with E-state index in [0.717, 1.165) is 29.5 Å². The van der Waals surface area contributed by atoms with E-state index in [1.165, 1.54) is 0 Å². The predicted molar refractivity (Wildman–Crippen MR) is 84.8 cm³/mol. The fraction of sp³-hybridized carbons (Fsp3) is 0.263. The van der Waals surface area contributed by atoms with Crippen LogP contribution in [0.5, 0.6) is 0 Å². The summed E-state index contributed by atoms with van der Waals surface area (Å²) in [6.45, 7) is 5.93. The van der Waals surface area contributed by atoms with E-state index in [1.807, 2.05) is 43.3 Å². The maximum Gasteiger partial charge on any atom is 0.0652 e. The average molecular weight is 266 g/mol. The first kappa shape index (κ1) is 14.5. The summed E-state index contributed by atoms with van der Waals surface area (Å²) in [5.74, 6) is 0.0248. The molecule has 1 N–H and O–H groups in total. The van der Waals surface area contributed by atoms with Crippen LogP contribution in [0.15, 0.2) is 72.8 Å². The molecule has 0 radical (unpaired) electrons. The van der Waals surface area contributed by atoms with Gasteiger partial charge in [0.25, 0.3) is 0 Å². The highest BCUT2D eigenvalue weighted by atomic mass is 16.3. The van der Waals surface area contributed by atoms with Gasteiger partial charge >= 0.3 is 0 Å². The molecule has 0 bridgehead atoms. The van der Waals surface area contributed by atoms with Crippen molar-refractivity contribution in [1.82, 2.24) is 0 Å². The molecule has 104 valence electrons. The number of allylic oxidation sites excluding steroid dienone is 1. The minimum Gasteiger partial charge on any atom is -0.392 e. The number of aliphatic hydroxyl groups is 1. The van der Waals surface area contributed by atoms with Crippen molar-refractivity contribution in [2.24, 2.45) is 0 Å². The van der Waals surface area contributed by atoms with Crippen LogP contribution in [-0.4, -0.2) is 11.2 Å². The lowest BCUT2D eigenvalue weighted by atomic mass is 9.84. The molecule has 0 aliphatic rings. The summed E-state index contributed by atoms with van der Waals surface area (Å²) in [6.07, 6.45) is 1.21. The highest BCUT2D eigenvalue weighted by Gasteiger charge is 2.22. The molecule has 1 atom stereocenters. The molecule has 0 saturated carbocycles. The molecular formula is C19H22O. The van der Waals surface area contributed by atoms with Crippen LogP contribution in [0, 0.1) is 0 Å². The number of benzene rings is 2. The van der Waals surface area contributed by atoms with Gasteiger partial charge in [-0.3, -0.25) is 0 Å². The van der Waals surface area contributed by atoms with Crippen molar-refractivity contribution in [2.75, 3.05) is 0 Å². The first-order valence-electron chi connectivity index (χ1n) is 7.11. The molecule has 0 fully saturated rings. The smallest absolute Gasteiger partial charge is 0.0652 e. The fourth-order valence-corrected chi connectivity index (χ4v) is 2.52. The zero-order chi connectivity index (χ0) is 14.4. The summed E-state index contributed by atoms with van der Waals surface area (Å²) in [4.78, 5) is 0. The second kappa shape index (κ2) is 7.06. The quantitative estimate of drug-likeness (QED) is 0.761. The molecule has 1 nitrogen and oxygen atoms in total. The van der Waals surface area contributed by atoms with Gasteiger partial charge in [0, 0.05) is 5.92 Å². The summed E-state index contributed by atoms with van der Waals surface area (Å²) in [5.41, 5.74) is 3.43. The monoisotopic (exact) mass is 266 g/mol. The fourth-order valence-electron chi connectivity index (χ4n) is 2.52. The number of aliphatic hydroxyl groups excluding tert-OH is 1. The second-order valence-electron chi connectivity index (χ2n) is 5.36. The largest absolute Gasteiger partial charge is 0.392 e. The Morgan fingerprint density at radius 1 is 0.950 bits per heavy atom. The van der Waals surface area contributed by atoms with E-state index in [0.29, 0.717) is 0 Å². The van der Waals surface area contributed by atoms with Gasteiger partial charge in [-0.1, -0.05) is 66.2 Å². The Bertz CT molecular complexity index is 491. The Hall–Kier alpha value is -1.86. The molecule has 0 aliphatic heterocycles. The lowest BCUT2D eigenvalue weighted by Crippen LogP contribution is -2.19. The summed E-state index contributed by atoms with van der Waals surface area (Å²) in [5, 5.41) is 10.6. The van der Waals surface area contributed by atoms with Crippen molar-refractivity contribution in [2.45, 2.75) is 31.8 Å². The Labute approximate surface area is 121 Å². The van der Waals surface area contributed by atoms with Gasteiger partial charge in [-0.25, -0.2) is 0 Å². The molecule has 0 aliphatic carbocycles. The van der Waals surface area contributed by atoms with Gasteiger partial charge in [-0.2, -0.15) is 0 Å². The van der Waals surface area contributed by atoms with Crippen LogP contribution >= 0.6 is 0 Å². The lowest BCUT2D eigenvalue weighted by molar-refractivity contribution is 0.147. The first-order chi connectivity index (χ1) is 9.68. The van der Waals surface area contributed by atoms with Gasteiger partial charge in [0.1, 0.15) is 0 Å². The van der Waals surface area contributed by atoms with Crippen molar-refractivity contribution >= 4 is 0 Å². The standard InChI is InChI=1S/C19H22O/c1-15(2)13-14-18(20)19(16-9-5-3-6-10-16)17-11-7-4-8-12-17/h3-12,18-20H,1,13-14H2,2H3. The van der Waals surface area contributed by atoms with E-state index in [4.69, 9.17) is 0 Å². The molecule has 0 amide bonds. The molecule has 0 aromatic heterocycles. The SMILES string of the molecule is C=C(C)CCC(O)C(c1ccccc1)c1ccccc1. The maximum absolute atomic E-state index is 10.6. The van der Waals surface area contributed by atoms with E-state index >= 15 is 0 Å². The van der Waals surface area contributed by atoms with Crippen LogP contribution in [0.3, 0.4) is 0 Å². The molecule has 1 heteroatoms. The van der Waals surface area contributed by atoms with Crippen LogP contribution in [0.25, 0.3) is 0 Å². The third-order valence-electron chi connectivity index (χ3n) is 3.57. The Kier molecular flexibility index (Phi) is 5.14. The van der Waals surface area contributed by atoms with Gasteiger partial charge in [0.15, 0.2) is 0 Å². The zero-order valence-electron chi connectivity index (χ0n) is 12.0. The van der Waals surface area contributed by atoms with Crippen molar-refractivity contribution in [3.8, 4) is 0 Å². The third-order valence-corrected chi connectivity index (χ3v) is 3.57. The normalized spacial score (nSPS) is 12.3. The summed E-state index contributed by atoms with van der Waals surface area (Å²) in [6, 6.07) is 20.4. The highest BCUT2D eigenvalue weighted by Crippen LogP contribution is 2.30. The van der Waals surface area contributed by atoms with E-state index in [9.17, 15) is 5.11 Å². The topological polar surface area (TPSA) is 20.2 Å². The van der Waals surface area contributed by atoms with E-state index < -0.39 is 6.10 Å². The first-order valence-corrected chi connectivity index (χ1v) is 7.11. The highest BCUT2D eigenvalue weighted by molar-refractivity contribution is 5.33. The lowest BCUT2D eigenvalue weighted by Gasteiger charge is -2.24. The molecule has 0 saturated heterocycles. The van der Waals surface area contributed by atoms with Gasteiger partial charge in [-0.05, 0) is 30.9 Å². The van der Waals surface area contributed by atoms with E-state index in [2.05, 4.69) is 30.8 Å². The molecular weight excluding hydrogens is 244 g/mol. The van der Waals surface area contributed by atoms with Crippen molar-refractivity contribution in [3.05, 3.63) is 83.9 Å². The minimum atomic E-state index is -0.392. The Balaban J connectivity index is 2.27. The van der Waals surface area contributed by atoms with Crippen LogP contribution in [0.1, 0.15) is 36.8 Å². The van der Waals surface area contributed by atoms with Gasteiger partial charge in [0.2, 0.25) is 0 Å². The molecule has 0 heterocycles. The molecule has 2 aromatic rings. The number of hydrogen-bond donors (Lipinski definition) is 1. The van der Waals surface area contributed by atoms with Gasteiger partial charge < -0.3 is 5.11 Å². The van der Waals surface area contributed by atoms with Crippen molar-refractivity contribution in [3.63, 3.8) is 0 Å². The Morgan fingerprint density at radius 3 is 1.80 bits per heavy atom. The van der Waals surface area contributed by atoms with Crippen LogP contribution in [0.4, 0.5) is 0 Å². The second-order valence-corrected chi connectivity index (χ2v) is 5.36. The van der Waals surface area contributed by atoms with E-state index in [-0.39, 0.29) is 5.92 Å². The Morgan fingerprint density at radius 2 is 1.40 bits per heavy atom. The van der Waals surface area contributed by atoms with Crippen molar-refractivity contribution in [1.29, 1.82) is 0 Å². The third kappa shape index (κ3) is 3.82. The molecule has 1 unspecified atom stereocenters.